The predicted molar refractivity (Wildman–Crippen MR) is 64.9 cm³/mol. The molecule has 1 heteroatoms. The lowest BCUT2D eigenvalue weighted by Crippen LogP contribution is -2.38. The van der Waals surface area contributed by atoms with Gasteiger partial charge in [0, 0.05) is 5.41 Å². The Morgan fingerprint density at radius 3 is 2.62 bits per heavy atom. The van der Waals surface area contributed by atoms with Crippen LogP contribution >= 0.6 is 0 Å². The highest BCUT2D eigenvalue weighted by Gasteiger charge is 2.80. The summed E-state index contributed by atoms with van der Waals surface area (Å²) in [6, 6.07) is 0. The van der Waals surface area contributed by atoms with Gasteiger partial charge in [0.05, 0.1) is 5.41 Å². The van der Waals surface area contributed by atoms with Crippen LogP contribution in [0.1, 0.15) is 40.5 Å². The fourth-order valence-corrected chi connectivity index (χ4v) is 4.32. The summed E-state index contributed by atoms with van der Waals surface area (Å²) >= 11 is 0. The van der Waals surface area contributed by atoms with Gasteiger partial charge in [-0.2, -0.15) is 0 Å². The van der Waals surface area contributed by atoms with Crippen LogP contribution in [0.3, 0.4) is 0 Å². The highest BCUT2D eigenvalue weighted by atomic mass is 16.1. The van der Waals surface area contributed by atoms with E-state index in [0.29, 0.717) is 11.7 Å². The first-order valence-electron chi connectivity index (χ1n) is 6.28. The van der Waals surface area contributed by atoms with Crippen molar-refractivity contribution in [3.05, 3.63) is 23.8 Å². The van der Waals surface area contributed by atoms with Crippen LogP contribution < -0.4 is 0 Å². The van der Waals surface area contributed by atoms with Crippen LogP contribution in [0.25, 0.3) is 0 Å². The number of carbonyl (C=O) groups is 1. The molecule has 0 heterocycles. The minimum absolute atomic E-state index is 0.118. The number of carbonyl (C=O) groups excluding carboxylic acids is 1. The molecule has 0 aromatic carbocycles. The zero-order chi connectivity index (χ0) is 11.8. The van der Waals surface area contributed by atoms with Crippen molar-refractivity contribution in [3.63, 3.8) is 0 Å². The third kappa shape index (κ3) is 0.804. The zero-order valence-corrected chi connectivity index (χ0v) is 10.6. The van der Waals surface area contributed by atoms with E-state index in [9.17, 15) is 4.79 Å². The number of ketones is 1. The normalized spacial score (nSPS) is 48.1. The van der Waals surface area contributed by atoms with Gasteiger partial charge in [0.1, 0.15) is 0 Å². The number of fused-ring (bicyclic) bond motifs is 3. The van der Waals surface area contributed by atoms with Gasteiger partial charge in [0.15, 0.2) is 5.78 Å². The van der Waals surface area contributed by atoms with Gasteiger partial charge in [-0.15, -0.1) is 0 Å². The first kappa shape index (κ1) is 10.3. The molecule has 2 saturated carbocycles. The summed E-state index contributed by atoms with van der Waals surface area (Å²) in [7, 11) is 0. The molecule has 3 unspecified atom stereocenters. The SMILES string of the molecule is CC1(C)CC2CC=CC=C2C2(C)C(=O)C12C. The van der Waals surface area contributed by atoms with Crippen molar-refractivity contribution in [2.45, 2.75) is 40.5 Å². The summed E-state index contributed by atoms with van der Waals surface area (Å²) in [5.41, 5.74) is 1.27. The minimum Gasteiger partial charge on any atom is -0.298 e. The van der Waals surface area contributed by atoms with E-state index < -0.39 is 0 Å². The largest absolute Gasteiger partial charge is 0.298 e. The Morgan fingerprint density at radius 1 is 1.25 bits per heavy atom. The average molecular weight is 216 g/mol. The van der Waals surface area contributed by atoms with Gasteiger partial charge in [-0.1, -0.05) is 44.6 Å². The molecule has 3 rings (SSSR count). The van der Waals surface area contributed by atoms with Crippen molar-refractivity contribution in [2.24, 2.45) is 22.2 Å². The lowest BCUT2D eigenvalue weighted by molar-refractivity contribution is -0.115. The molecule has 0 aromatic rings. The van der Waals surface area contributed by atoms with E-state index in [-0.39, 0.29) is 16.2 Å². The number of allylic oxidation sites excluding steroid dienone is 4. The van der Waals surface area contributed by atoms with Crippen molar-refractivity contribution >= 4 is 5.78 Å². The van der Waals surface area contributed by atoms with Crippen LogP contribution in [0.5, 0.6) is 0 Å². The molecule has 0 amide bonds. The Hall–Kier alpha value is -0.850. The Kier molecular flexibility index (Phi) is 1.63. The molecule has 1 nitrogen and oxygen atoms in total. The molecule has 0 spiro atoms. The van der Waals surface area contributed by atoms with E-state index in [1.54, 1.807) is 0 Å². The molecule has 0 saturated heterocycles. The van der Waals surface area contributed by atoms with E-state index in [2.05, 4.69) is 45.9 Å². The third-order valence-electron chi connectivity index (χ3n) is 5.81. The highest BCUT2D eigenvalue weighted by Crippen LogP contribution is 2.77. The van der Waals surface area contributed by atoms with Crippen LogP contribution in [0, 0.1) is 22.2 Å². The average Bonchev–Trinajstić information content (AvgIpc) is 2.68. The van der Waals surface area contributed by atoms with Gasteiger partial charge in [0.2, 0.25) is 0 Å². The molecule has 0 aromatic heterocycles. The molecule has 3 atom stereocenters. The molecule has 86 valence electrons. The van der Waals surface area contributed by atoms with E-state index in [1.807, 2.05) is 0 Å². The van der Waals surface area contributed by atoms with E-state index in [1.165, 1.54) is 5.57 Å². The molecule has 0 radical (unpaired) electrons. The highest BCUT2D eigenvalue weighted by molar-refractivity contribution is 6.11. The Bertz CT molecular complexity index is 440. The second-order valence-corrected chi connectivity index (χ2v) is 6.65. The second-order valence-electron chi connectivity index (χ2n) is 6.65. The van der Waals surface area contributed by atoms with Gasteiger partial charge in [-0.3, -0.25) is 4.79 Å². The summed E-state index contributed by atoms with van der Waals surface area (Å²) in [5, 5.41) is 0. The quantitative estimate of drug-likeness (QED) is 0.605. The Balaban J connectivity index is 2.17. The van der Waals surface area contributed by atoms with Gasteiger partial charge < -0.3 is 0 Å². The lowest BCUT2D eigenvalue weighted by atomic mass is 9.58. The summed E-state index contributed by atoms with van der Waals surface area (Å²) in [6.07, 6.45) is 8.84. The summed E-state index contributed by atoms with van der Waals surface area (Å²) in [4.78, 5) is 12.4. The predicted octanol–water partition coefficient (Wildman–Crippen LogP) is 3.51. The van der Waals surface area contributed by atoms with Crippen molar-refractivity contribution in [1.29, 1.82) is 0 Å². The number of hydrogen-bond acceptors (Lipinski definition) is 1. The number of hydrogen-bond donors (Lipinski definition) is 0. The summed E-state index contributed by atoms with van der Waals surface area (Å²) in [6.45, 7) is 8.87. The van der Waals surface area contributed by atoms with Crippen LogP contribution in [-0.2, 0) is 4.79 Å². The van der Waals surface area contributed by atoms with Crippen LogP contribution in [0.2, 0.25) is 0 Å². The van der Waals surface area contributed by atoms with Gasteiger partial charge in [-0.05, 0) is 31.1 Å². The van der Waals surface area contributed by atoms with Gasteiger partial charge in [0.25, 0.3) is 0 Å². The Labute approximate surface area is 97.6 Å². The monoisotopic (exact) mass is 216 g/mol. The topological polar surface area (TPSA) is 17.1 Å². The molecule has 3 aliphatic carbocycles. The smallest absolute Gasteiger partial charge is 0.151 e. The number of Topliss-reactive ketones (excluding diaryl/α,β-unsaturated/α-hetero) is 1. The fraction of sp³-hybridized carbons (Fsp3) is 0.667. The summed E-state index contributed by atoms with van der Waals surface area (Å²) < 4.78 is 0. The van der Waals surface area contributed by atoms with Crippen LogP contribution in [0.4, 0.5) is 0 Å². The first-order valence-corrected chi connectivity index (χ1v) is 6.28. The molecular formula is C15H20O. The Morgan fingerprint density at radius 2 is 1.94 bits per heavy atom. The maximum atomic E-state index is 12.4. The molecule has 2 fully saturated rings. The number of rotatable bonds is 0. The third-order valence-corrected chi connectivity index (χ3v) is 5.81. The molecule has 0 bridgehead atoms. The molecule has 3 aliphatic rings. The van der Waals surface area contributed by atoms with E-state index in [0.717, 1.165) is 12.8 Å². The fourth-order valence-electron chi connectivity index (χ4n) is 4.32. The summed E-state index contributed by atoms with van der Waals surface area (Å²) in [5.74, 6) is 1.07. The standard InChI is InChI=1S/C15H20O/c1-13(2)9-10-7-5-6-8-11(10)14(3)12(16)15(13,14)4/h5-6,8,10H,7,9H2,1-4H3. The molecular weight excluding hydrogens is 196 g/mol. The second kappa shape index (κ2) is 2.52. The van der Waals surface area contributed by atoms with Crippen molar-refractivity contribution in [2.75, 3.05) is 0 Å². The van der Waals surface area contributed by atoms with Crippen LogP contribution in [-0.4, -0.2) is 5.78 Å². The van der Waals surface area contributed by atoms with Crippen LogP contribution in [0.15, 0.2) is 23.8 Å². The maximum Gasteiger partial charge on any atom is 0.151 e. The zero-order valence-electron chi connectivity index (χ0n) is 10.6. The first-order chi connectivity index (χ1) is 7.36. The van der Waals surface area contributed by atoms with Crippen molar-refractivity contribution in [3.8, 4) is 0 Å². The molecule has 0 aliphatic heterocycles. The van der Waals surface area contributed by atoms with Crippen molar-refractivity contribution < 1.29 is 4.79 Å². The van der Waals surface area contributed by atoms with E-state index in [4.69, 9.17) is 0 Å². The molecule has 16 heavy (non-hydrogen) atoms. The van der Waals surface area contributed by atoms with Gasteiger partial charge >= 0.3 is 0 Å². The van der Waals surface area contributed by atoms with Crippen molar-refractivity contribution in [1.82, 2.24) is 0 Å². The van der Waals surface area contributed by atoms with E-state index >= 15 is 0 Å². The maximum absolute atomic E-state index is 12.4. The minimum atomic E-state index is -0.163. The lowest BCUT2D eigenvalue weighted by Gasteiger charge is -2.44. The molecule has 0 N–H and O–H groups in total. The van der Waals surface area contributed by atoms with Gasteiger partial charge in [-0.25, -0.2) is 0 Å².